The summed E-state index contributed by atoms with van der Waals surface area (Å²) in [6.45, 7) is 2.72. The van der Waals surface area contributed by atoms with Crippen LogP contribution in [-0.2, 0) is 0 Å². The van der Waals surface area contributed by atoms with Gasteiger partial charge in [-0.2, -0.15) is 0 Å². The average Bonchev–Trinajstić information content (AvgIpc) is 2.36. The fraction of sp³-hybridized carbons (Fsp3) is 0.167. The lowest BCUT2D eigenvalue weighted by Crippen LogP contribution is -2.02. The zero-order valence-corrected chi connectivity index (χ0v) is 11.9. The summed E-state index contributed by atoms with van der Waals surface area (Å²) in [6, 6.07) is 4.41. The van der Waals surface area contributed by atoms with Gasteiger partial charge in [0.05, 0.1) is 9.50 Å². The monoisotopic (exact) mass is 329 g/mol. The Balaban J connectivity index is 2.44. The molecule has 0 unspecified atom stereocenters. The molecule has 1 heterocycles. The number of nitrogens with one attached hydrogen (secondary N) is 1. The van der Waals surface area contributed by atoms with Crippen LogP contribution in [0.2, 0.25) is 5.02 Å². The van der Waals surface area contributed by atoms with Crippen molar-refractivity contribution in [3.8, 4) is 11.4 Å². The first-order valence-corrected chi connectivity index (χ1v) is 6.50. The maximum Gasteiger partial charge on any atom is 0.161 e. The van der Waals surface area contributed by atoms with Crippen LogP contribution < -0.4 is 5.32 Å². The second-order valence-corrected chi connectivity index (χ2v) is 4.81. The number of hydrogen-bond acceptors (Lipinski definition) is 3. The number of halogens is 3. The van der Waals surface area contributed by atoms with Gasteiger partial charge >= 0.3 is 0 Å². The molecule has 0 aliphatic carbocycles. The molecule has 0 saturated carbocycles. The summed E-state index contributed by atoms with van der Waals surface area (Å²) in [4.78, 5) is 8.54. The van der Waals surface area contributed by atoms with E-state index < -0.39 is 5.82 Å². The molecule has 0 fully saturated rings. The van der Waals surface area contributed by atoms with Crippen molar-refractivity contribution in [3.63, 3.8) is 0 Å². The van der Waals surface area contributed by atoms with Gasteiger partial charge in [-0.1, -0.05) is 11.6 Å². The highest BCUT2D eigenvalue weighted by Crippen LogP contribution is 2.25. The third-order valence-corrected chi connectivity index (χ3v) is 3.14. The second kappa shape index (κ2) is 5.63. The predicted molar refractivity (Wildman–Crippen MR) is 74.3 cm³/mol. The molecule has 0 radical (unpaired) electrons. The van der Waals surface area contributed by atoms with Crippen LogP contribution in [0.15, 0.2) is 28.9 Å². The zero-order chi connectivity index (χ0) is 13.1. The molecule has 18 heavy (non-hydrogen) atoms. The summed E-state index contributed by atoms with van der Waals surface area (Å²) < 4.78 is 13.9. The van der Waals surface area contributed by atoms with Crippen molar-refractivity contribution in [1.29, 1.82) is 0 Å². The van der Waals surface area contributed by atoms with Crippen molar-refractivity contribution in [2.24, 2.45) is 0 Å². The number of nitrogens with zero attached hydrogens (tertiary/aromatic N) is 2. The van der Waals surface area contributed by atoms with Gasteiger partial charge in [0, 0.05) is 18.3 Å². The van der Waals surface area contributed by atoms with Crippen molar-refractivity contribution < 1.29 is 4.39 Å². The lowest BCUT2D eigenvalue weighted by molar-refractivity contribution is 0.628. The molecular weight excluding hydrogens is 321 g/mol. The van der Waals surface area contributed by atoms with Gasteiger partial charge < -0.3 is 5.32 Å². The lowest BCUT2D eigenvalue weighted by atomic mass is 10.2. The van der Waals surface area contributed by atoms with E-state index in [2.05, 4.69) is 31.2 Å². The van der Waals surface area contributed by atoms with E-state index >= 15 is 0 Å². The van der Waals surface area contributed by atoms with E-state index in [9.17, 15) is 4.39 Å². The first-order chi connectivity index (χ1) is 8.61. The molecule has 0 spiro atoms. The third-order valence-electron chi connectivity index (χ3n) is 2.27. The van der Waals surface area contributed by atoms with Crippen LogP contribution in [-0.4, -0.2) is 16.5 Å². The molecule has 0 aliphatic rings. The molecule has 0 aliphatic heterocycles. The van der Waals surface area contributed by atoms with Crippen LogP contribution in [0.5, 0.6) is 0 Å². The largest absolute Gasteiger partial charge is 0.369 e. The van der Waals surface area contributed by atoms with Crippen LogP contribution in [0.3, 0.4) is 0 Å². The smallest absolute Gasteiger partial charge is 0.161 e. The Labute approximate surface area is 118 Å². The quantitative estimate of drug-likeness (QED) is 0.919. The first-order valence-electron chi connectivity index (χ1n) is 5.33. The predicted octanol–water partition coefficient (Wildman–Crippen LogP) is 4.13. The highest BCUT2D eigenvalue weighted by atomic mass is 79.9. The van der Waals surface area contributed by atoms with Gasteiger partial charge in [-0.25, -0.2) is 14.4 Å². The number of hydrogen-bond donors (Lipinski definition) is 1. The number of anilines is 1. The Bertz CT molecular complexity index is 577. The molecule has 0 bridgehead atoms. The van der Waals surface area contributed by atoms with Crippen LogP contribution in [0.4, 0.5) is 10.2 Å². The van der Waals surface area contributed by atoms with E-state index in [0.29, 0.717) is 17.2 Å². The van der Waals surface area contributed by atoms with E-state index in [1.165, 1.54) is 12.1 Å². The van der Waals surface area contributed by atoms with Gasteiger partial charge in [0.25, 0.3) is 0 Å². The van der Waals surface area contributed by atoms with Gasteiger partial charge in [-0.15, -0.1) is 0 Å². The molecule has 3 nitrogen and oxygen atoms in total. The summed E-state index contributed by atoms with van der Waals surface area (Å²) in [6.07, 6.45) is 1.65. The van der Waals surface area contributed by atoms with Crippen molar-refractivity contribution in [2.45, 2.75) is 6.92 Å². The standard InChI is InChI=1S/C12H10BrClFN3/c1-2-16-12-8(13)6-17-11(18-12)7-3-4-10(15)9(14)5-7/h3-6H,2H2,1H3,(H,16,17,18). The van der Waals surface area contributed by atoms with E-state index in [-0.39, 0.29) is 5.02 Å². The van der Waals surface area contributed by atoms with Gasteiger partial charge in [0.1, 0.15) is 11.6 Å². The van der Waals surface area contributed by atoms with Gasteiger partial charge in [-0.3, -0.25) is 0 Å². The topological polar surface area (TPSA) is 37.8 Å². The highest BCUT2D eigenvalue weighted by Gasteiger charge is 2.08. The summed E-state index contributed by atoms with van der Waals surface area (Å²) in [5.41, 5.74) is 0.674. The number of aromatic nitrogens is 2. The second-order valence-electron chi connectivity index (χ2n) is 3.55. The molecule has 6 heteroatoms. The molecule has 0 saturated heterocycles. The van der Waals surface area contributed by atoms with Crippen LogP contribution in [0, 0.1) is 5.82 Å². The summed E-state index contributed by atoms with van der Waals surface area (Å²) in [5.74, 6) is 0.739. The summed E-state index contributed by atoms with van der Waals surface area (Å²) in [7, 11) is 0. The third kappa shape index (κ3) is 2.79. The maximum atomic E-state index is 13.1. The van der Waals surface area contributed by atoms with Gasteiger partial charge in [-0.05, 0) is 41.1 Å². The van der Waals surface area contributed by atoms with Crippen LogP contribution >= 0.6 is 27.5 Å². The number of benzene rings is 1. The van der Waals surface area contributed by atoms with Crippen molar-refractivity contribution >= 4 is 33.3 Å². The molecule has 1 aromatic carbocycles. The van der Waals surface area contributed by atoms with E-state index in [1.807, 2.05) is 6.92 Å². The minimum Gasteiger partial charge on any atom is -0.369 e. The molecule has 2 rings (SSSR count). The molecule has 0 amide bonds. The minimum absolute atomic E-state index is 0.0593. The van der Waals surface area contributed by atoms with E-state index in [0.717, 1.165) is 11.0 Å². The summed E-state index contributed by atoms with van der Waals surface area (Å²) >= 11 is 9.10. The Morgan fingerprint density at radius 3 is 2.89 bits per heavy atom. The van der Waals surface area contributed by atoms with Crippen molar-refractivity contribution in [2.75, 3.05) is 11.9 Å². The zero-order valence-electron chi connectivity index (χ0n) is 9.54. The fourth-order valence-corrected chi connectivity index (χ4v) is 1.94. The van der Waals surface area contributed by atoms with Crippen LogP contribution in [0.1, 0.15) is 6.92 Å². The normalized spacial score (nSPS) is 10.4. The lowest BCUT2D eigenvalue weighted by Gasteiger charge is -2.07. The average molecular weight is 331 g/mol. The molecule has 1 N–H and O–H groups in total. The molecule has 94 valence electrons. The van der Waals surface area contributed by atoms with Gasteiger partial charge in [0.15, 0.2) is 5.82 Å². The Kier molecular flexibility index (Phi) is 4.14. The maximum absolute atomic E-state index is 13.1. The minimum atomic E-state index is -0.454. The fourth-order valence-electron chi connectivity index (χ4n) is 1.43. The molecule has 1 aromatic heterocycles. The Morgan fingerprint density at radius 1 is 1.44 bits per heavy atom. The first kappa shape index (κ1) is 13.2. The highest BCUT2D eigenvalue weighted by molar-refractivity contribution is 9.10. The van der Waals surface area contributed by atoms with Crippen molar-refractivity contribution in [3.05, 3.63) is 39.7 Å². The van der Waals surface area contributed by atoms with Crippen molar-refractivity contribution in [1.82, 2.24) is 9.97 Å². The molecule has 2 aromatic rings. The molecule has 0 atom stereocenters. The van der Waals surface area contributed by atoms with E-state index in [1.54, 1.807) is 12.3 Å². The summed E-state index contributed by atoms with van der Waals surface area (Å²) in [5, 5.41) is 3.17. The Hall–Kier alpha value is -1.20. The molecular formula is C12H10BrClFN3. The van der Waals surface area contributed by atoms with Gasteiger partial charge in [0.2, 0.25) is 0 Å². The van der Waals surface area contributed by atoms with Crippen LogP contribution in [0.25, 0.3) is 11.4 Å². The Morgan fingerprint density at radius 2 is 2.22 bits per heavy atom. The van der Waals surface area contributed by atoms with E-state index in [4.69, 9.17) is 11.6 Å². The number of rotatable bonds is 3. The SMILES string of the molecule is CCNc1nc(-c2ccc(F)c(Cl)c2)ncc1Br.